The van der Waals surface area contributed by atoms with Crippen molar-refractivity contribution in [3.8, 4) is 0 Å². The van der Waals surface area contributed by atoms with Crippen molar-refractivity contribution in [3.05, 3.63) is 35.4 Å². The van der Waals surface area contributed by atoms with Gasteiger partial charge in [0.05, 0.1) is 6.42 Å². The number of carboxylic acids is 1. The Kier molecular flexibility index (Phi) is 5.80. The van der Waals surface area contributed by atoms with Gasteiger partial charge in [0.1, 0.15) is 0 Å². The molecular weight excluding hydrogens is 262 g/mol. The molecule has 3 heteroatoms. The minimum absolute atomic E-state index is 0.116. The van der Waals surface area contributed by atoms with Crippen LogP contribution in [0, 0.1) is 0 Å². The zero-order valence-corrected chi connectivity index (χ0v) is 13.2. The van der Waals surface area contributed by atoms with Crippen LogP contribution in [0.25, 0.3) is 0 Å². The average Bonchev–Trinajstić information content (AvgIpc) is 2.47. The number of benzene rings is 1. The SMILES string of the molecule is CCc1ccc(CC(CC(=O)O)N2CCCCC2C)cc1. The number of likely N-dealkylation sites (tertiary alicyclic amines) is 1. The second-order valence-electron chi connectivity index (χ2n) is 6.21. The maximum absolute atomic E-state index is 11.2. The Balaban J connectivity index is 2.09. The van der Waals surface area contributed by atoms with Crippen LogP contribution in [0.15, 0.2) is 24.3 Å². The lowest BCUT2D eigenvalue weighted by Crippen LogP contribution is -2.46. The summed E-state index contributed by atoms with van der Waals surface area (Å²) < 4.78 is 0. The highest BCUT2D eigenvalue weighted by Crippen LogP contribution is 2.23. The number of carboxylic acid groups (broad SMARTS) is 1. The number of nitrogens with zero attached hydrogens (tertiary/aromatic N) is 1. The summed E-state index contributed by atoms with van der Waals surface area (Å²) in [4.78, 5) is 13.6. The molecule has 0 aromatic heterocycles. The molecule has 21 heavy (non-hydrogen) atoms. The van der Waals surface area contributed by atoms with E-state index >= 15 is 0 Å². The summed E-state index contributed by atoms with van der Waals surface area (Å²) >= 11 is 0. The van der Waals surface area contributed by atoms with Gasteiger partial charge < -0.3 is 5.11 Å². The van der Waals surface area contributed by atoms with Crippen molar-refractivity contribution in [2.24, 2.45) is 0 Å². The second kappa shape index (κ2) is 7.60. The third-order valence-electron chi connectivity index (χ3n) is 4.64. The molecule has 1 aliphatic rings. The van der Waals surface area contributed by atoms with E-state index in [-0.39, 0.29) is 12.5 Å². The molecule has 1 aliphatic heterocycles. The molecule has 0 aliphatic carbocycles. The van der Waals surface area contributed by atoms with E-state index in [1.54, 1.807) is 0 Å². The van der Waals surface area contributed by atoms with Gasteiger partial charge in [-0.25, -0.2) is 0 Å². The first-order chi connectivity index (χ1) is 10.1. The number of aliphatic carboxylic acids is 1. The van der Waals surface area contributed by atoms with Gasteiger partial charge in [0, 0.05) is 12.1 Å². The molecule has 116 valence electrons. The van der Waals surface area contributed by atoms with Crippen LogP contribution >= 0.6 is 0 Å². The second-order valence-corrected chi connectivity index (χ2v) is 6.21. The number of hydrogen-bond donors (Lipinski definition) is 1. The van der Waals surface area contributed by atoms with E-state index < -0.39 is 5.97 Å². The molecule has 1 aromatic rings. The van der Waals surface area contributed by atoms with E-state index in [1.165, 1.54) is 30.4 Å². The highest BCUT2D eigenvalue weighted by Gasteiger charge is 2.27. The van der Waals surface area contributed by atoms with Gasteiger partial charge in [-0.15, -0.1) is 0 Å². The first kappa shape index (κ1) is 16.0. The van der Waals surface area contributed by atoms with Crippen molar-refractivity contribution in [3.63, 3.8) is 0 Å². The molecule has 1 fully saturated rings. The number of carbonyl (C=O) groups is 1. The molecular formula is C18H27NO2. The average molecular weight is 289 g/mol. The molecule has 2 rings (SSSR count). The Labute approximate surface area is 128 Å². The number of rotatable bonds is 6. The minimum atomic E-state index is -0.692. The highest BCUT2D eigenvalue weighted by molar-refractivity contribution is 5.67. The van der Waals surface area contributed by atoms with Crippen LogP contribution < -0.4 is 0 Å². The van der Waals surface area contributed by atoms with Gasteiger partial charge in [-0.05, 0) is 50.3 Å². The zero-order chi connectivity index (χ0) is 15.2. The van der Waals surface area contributed by atoms with E-state index in [1.807, 2.05) is 0 Å². The van der Waals surface area contributed by atoms with Crippen molar-refractivity contribution in [2.75, 3.05) is 6.54 Å². The standard InChI is InChI=1S/C18H27NO2/c1-3-15-7-9-16(10-8-15)12-17(13-18(20)21)19-11-5-4-6-14(19)2/h7-10,14,17H,3-6,11-13H2,1-2H3,(H,20,21). The van der Waals surface area contributed by atoms with Crippen molar-refractivity contribution < 1.29 is 9.90 Å². The van der Waals surface area contributed by atoms with Crippen LogP contribution in [0.1, 0.15) is 50.7 Å². The van der Waals surface area contributed by atoms with Crippen LogP contribution in [0.5, 0.6) is 0 Å². The summed E-state index contributed by atoms with van der Waals surface area (Å²) in [5.41, 5.74) is 2.58. The minimum Gasteiger partial charge on any atom is -0.481 e. The smallest absolute Gasteiger partial charge is 0.304 e. The third kappa shape index (κ3) is 4.57. The maximum atomic E-state index is 11.2. The summed E-state index contributed by atoms with van der Waals surface area (Å²) in [5.74, 6) is -0.692. The van der Waals surface area contributed by atoms with E-state index in [0.29, 0.717) is 6.04 Å². The first-order valence-electron chi connectivity index (χ1n) is 8.15. The third-order valence-corrected chi connectivity index (χ3v) is 4.64. The Hall–Kier alpha value is -1.35. The summed E-state index contributed by atoms with van der Waals surface area (Å²) in [6.07, 6.45) is 5.76. The van der Waals surface area contributed by atoms with Crippen molar-refractivity contribution >= 4 is 5.97 Å². The number of hydrogen-bond acceptors (Lipinski definition) is 2. The van der Waals surface area contributed by atoms with Crippen LogP contribution in [0.4, 0.5) is 0 Å². The fourth-order valence-corrected chi connectivity index (χ4v) is 3.35. The molecule has 0 amide bonds. The quantitative estimate of drug-likeness (QED) is 0.871. The molecule has 2 atom stereocenters. The molecule has 0 saturated carbocycles. The highest BCUT2D eigenvalue weighted by atomic mass is 16.4. The fourth-order valence-electron chi connectivity index (χ4n) is 3.35. The van der Waals surface area contributed by atoms with E-state index in [0.717, 1.165) is 19.4 Å². The van der Waals surface area contributed by atoms with Gasteiger partial charge in [-0.2, -0.15) is 0 Å². The van der Waals surface area contributed by atoms with E-state index in [4.69, 9.17) is 0 Å². The maximum Gasteiger partial charge on any atom is 0.304 e. The molecule has 1 aromatic carbocycles. The molecule has 1 heterocycles. The van der Waals surface area contributed by atoms with Crippen molar-refractivity contribution in [1.82, 2.24) is 4.90 Å². The van der Waals surface area contributed by atoms with Crippen LogP contribution in [0.3, 0.4) is 0 Å². The monoisotopic (exact) mass is 289 g/mol. The summed E-state index contributed by atoms with van der Waals surface area (Å²) in [6.45, 7) is 5.41. The molecule has 0 spiro atoms. The number of piperidine rings is 1. The van der Waals surface area contributed by atoms with Crippen molar-refractivity contribution in [2.45, 2.75) is 64.5 Å². The molecule has 1 N–H and O–H groups in total. The van der Waals surface area contributed by atoms with E-state index in [9.17, 15) is 9.90 Å². The largest absolute Gasteiger partial charge is 0.481 e. The lowest BCUT2D eigenvalue weighted by atomic mass is 9.95. The summed E-state index contributed by atoms with van der Waals surface area (Å²) in [6, 6.07) is 9.24. The van der Waals surface area contributed by atoms with Gasteiger partial charge in [0.25, 0.3) is 0 Å². The Bertz CT molecular complexity index is 455. The Morgan fingerprint density at radius 1 is 1.29 bits per heavy atom. The van der Waals surface area contributed by atoms with Crippen LogP contribution in [-0.2, 0) is 17.6 Å². The number of aryl methyl sites for hydroxylation is 1. The molecule has 3 nitrogen and oxygen atoms in total. The van der Waals surface area contributed by atoms with Crippen LogP contribution in [-0.4, -0.2) is 34.6 Å². The topological polar surface area (TPSA) is 40.5 Å². The molecule has 1 saturated heterocycles. The Morgan fingerprint density at radius 2 is 1.95 bits per heavy atom. The summed E-state index contributed by atoms with van der Waals surface area (Å²) in [5, 5.41) is 9.23. The van der Waals surface area contributed by atoms with E-state index in [2.05, 4.69) is 43.0 Å². The lowest BCUT2D eigenvalue weighted by molar-refractivity contribution is -0.138. The summed E-state index contributed by atoms with van der Waals surface area (Å²) in [7, 11) is 0. The Morgan fingerprint density at radius 3 is 2.52 bits per heavy atom. The molecule has 2 unspecified atom stereocenters. The zero-order valence-electron chi connectivity index (χ0n) is 13.2. The predicted octanol–water partition coefficient (Wildman–Crippen LogP) is 3.51. The first-order valence-corrected chi connectivity index (χ1v) is 8.15. The van der Waals surface area contributed by atoms with Gasteiger partial charge in [-0.1, -0.05) is 37.6 Å². The lowest BCUT2D eigenvalue weighted by Gasteiger charge is -2.39. The van der Waals surface area contributed by atoms with Crippen molar-refractivity contribution in [1.29, 1.82) is 0 Å². The van der Waals surface area contributed by atoms with Gasteiger partial charge in [-0.3, -0.25) is 9.69 Å². The molecule has 0 radical (unpaired) electrons. The van der Waals surface area contributed by atoms with Crippen LogP contribution in [0.2, 0.25) is 0 Å². The van der Waals surface area contributed by atoms with Gasteiger partial charge >= 0.3 is 5.97 Å². The predicted molar refractivity (Wildman–Crippen MR) is 85.6 cm³/mol. The van der Waals surface area contributed by atoms with Gasteiger partial charge in [0.2, 0.25) is 0 Å². The molecule has 0 bridgehead atoms. The van der Waals surface area contributed by atoms with Gasteiger partial charge in [0.15, 0.2) is 0 Å². The fraction of sp³-hybridized carbons (Fsp3) is 0.611. The normalized spacial score (nSPS) is 21.1.